The van der Waals surface area contributed by atoms with Crippen molar-refractivity contribution in [3.63, 3.8) is 0 Å². The van der Waals surface area contributed by atoms with Gasteiger partial charge in [0.2, 0.25) is 64.7 Å². The van der Waals surface area contributed by atoms with E-state index in [1.54, 1.807) is 135 Å². The number of piperidine rings is 2. The number of ether oxygens (including phenoxy) is 15. The molecule has 9 aliphatic heterocycles. The van der Waals surface area contributed by atoms with Crippen LogP contribution in [0.5, 0.6) is 87.7 Å². The minimum Gasteiger partial charge on any atom is -0.495 e. The zero-order chi connectivity index (χ0) is 105. The molecule has 18 heterocycles. The van der Waals surface area contributed by atoms with Gasteiger partial charge in [-0.25, -0.2) is 44.9 Å². The van der Waals surface area contributed by atoms with Crippen molar-refractivity contribution in [1.29, 1.82) is 0 Å². The molecule has 0 amide bonds. The molecule has 9 aromatic heterocycles. The van der Waals surface area contributed by atoms with Gasteiger partial charge in [0.1, 0.15) is 76.9 Å². The number of hydrogen-bond acceptors (Lipinski definition) is 37. The zero-order valence-corrected chi connectivity index (χ0v) is 91.0. The van der Waals surface area contributed by atoms with Crippen LogP contribution in [0.3, 0.4) is 0 Å². The van der Waals surface area contributed by atoms with Gasteiger partial charge in [-0.3, -0.25) is 44.3 Å². The highest BCUT2D eigenvalue weighted by Gasteiger charge is 2.43. The number of pyridine rings is 5. The summed E-state index contributed by atoms with van der Waals surface area (Å²) < 4.78 is 82.0. The van der Waals surface area contributed by atoms with E-state index in [9.17, 15) is 0 Å². The Hall–Kier alpha value is -11.3. The fraction of sp³-hybridized carbons (Fsp3) is 0.620. The lowest BCUT2D eigenvalue weighted by Crippen LogP contribution is -2.64. The van der Waals surface area contributed by atoms with E-state index in [0.717, 1.165) is 185 Å². The number of methoxy groups -OCH3 is 6. The lowest BCUT2D eigenvalue weighted by molar-refractivity contribution is -0.0797. The highest BCUT2D eigenvalue weighted by molar-refractivity contribution is 5.29. The van der Waals surface area contributed by atoms with Crippen LogP contribution in [0.4, 0.5) is 0 Å². The van der Waals surface area contributed by atoms with E-state index >= 15 is 0 Å². The van der Waals surface area contributed by atoms with Gasteiger partial charge in [0.15, 0.2) is 0 Å². The van der Waals surface area contributed by atoms with Crippen molar-refractivity contribution in [1.82, 2.24) is 109 Å². The Morgan fingerprint density at radius 2 is 0.586 bits per heavy atom. The summed E-state index contributed by atoms with van der Waals surface area (Å²) >= 11 is 0. The molecular weight excluding hydrogens is 1850 g/mol. The summed E-state index contributed by atoms with van der Waals surface area (Å²) in [7, 11) is 9.57. The molecule has 9 fully saturated rings. The Balaban J connectivity index is 0.000000167. The molecule has 145 heavy (non-hydrogen) atoms. The van der Waals surface area contributed by atoms with Crippen molar-refractivity contribution in [2.75, 3.05) is 160 Å². The van der Waals surface area contributed by atoms with E-state index in [2.05, 4.69) is 248 Å². The Morgan fingerprint density at radius 1 is 0.241 bits per heavy atom. The molecule has 0 spiro atoms. The molecule has 18 rings (SSSR count). The maximum absolute atomic E-state index is 6.03. The summed E-state index contributed by atoms with van der Waals surface area (Å²) in [5.74, 6) is 9.71. The third-order valence-corrected chi connectivity index (χ3v) is 26.3. The van der Waals surface area contributed by atoms with Gasteiger partial charge in [-0.1, -0.05) is 12.1 Å². The molecule has 37 heteroatoms. The van der Waals surface area contributed by atoms with Crippen molar-refractivity contribution >= 4 is 0 Å². The largest absolute Gasteiger partial charge is 0.495 e. The molecule has 798 valence electrons. The minimum atomic E-state index is -0.0569. The average Bonchev–Trinajstić information content (AvgIpc) is 0.991. The van der Waals surface area contributed by atoms with Gasteiger partial charge < -0.3 is 80.9 Å². The van der Waals surface area contributed by atoms with Gasteiger partial charge in [0.05, 0.1) is 98.4 Å². The molecular formula is C108H166N22O15. The van der Waals surface area contributed by atoms with Crippen LogP contribution in [0.25, 0.3) is 0 Å². The zero-order valence-electron chi connectivity index (χ0n) is 91.0. The molecule has 0 bridgehead atoms. The Kier molecular flexibility index (Phi) is 47.0. The van der Waals surface area contributed by atoms with Crippen molar-refractivity contribution in [2.45, 2.75) is 279 Å². The lowest BCUT2D eigenvalue weighted by Gasteiger charge is -2.49. The SMILES string of the molecule is CC(C)N1CC(C)(Oc2ccccn2)C1.CC(C)N1CCC(C)(Oc2ccccn2)CC1.CC(C)N1CCC(Oc2cnccn2)C1.COc1ccc(OC2CN(C(C)C)C2)cn1.COc1ccc(OC2CN(C(C)C)C2)nc1.COc1ccc(OC2CN(C(C)C)C2)nn1.COc1cnc(OC2CCN(C(C)C)CC2)cn1.COc1cnc(OC2CN(C(C)C)C2)cn1.COc1cncc(OC2CN(C(C)C)C2)c1. The van der Waals surface area contributed by atoms with Crippen LogP contribution >= 0.6 is 0 Å². The second-order valence-electron chi connectivity index (χ2n) is 40.5. The highest BCUT2D eigenvalue weighted by Crippen LogP contribution is 2.33. The van der Waals surface area contributed by atoms with Crippen LogP contribution in [0.2, 0.25) is 0 Å². The van der Waals surface area contributed by atoms with Crippen molar-refractivity contribution in [3.05, 3.63) is 159 Å². The molecule has 0 saturated carbocycles. The quantitative estimate of drug-likeness (QED) is 0.0369. The molecule has 9 aromatic rings. The van der Waals surface area contributed by atoms with E-state index in [1.165, 1.54) is 0 Å². The molecule has 0 radical (unpaired) electrons. The number of aromatic nitrogens is 13. The molecule has 0 N–H and O–H groups in total. The molecule has 9 saturated heterocycles. The Morgan fingerprint density at radius 3 is 0.986 bits per heavy atom. The first-order valence-electron chi connectivity index (χ1n) is 51.4. The summed E-state index contributed by atoms with van der Waals surface area (Å²) in [5, 5.41) is 7.78. The van der Waals surface area contributed by atoms with E-state index in [4.69, 9.17) is 71.1 Å². The molecule has 1 unspecified atom stereocenters. The van der Waals surface area contributed by atoms with E-state index in [1.807, 2.05) is 66.7 Å². The predicted octanol–water partition coefficient (Wildman–Crippen LogP) is 14.3. The van der Waals surface area contributed by atoms with Crippen LogP contribution in [-0.2, 0) is 0 Å². The van der Waals surface area contributed by atoms with Crippen LogP contribution in [-0.4, -0.2) is 378 Å². The fourth-order valence-corrected chi connectivity index (χ4v) is 16.5. The van der Waals surface area contributed by atoms with Gasteiger partial charge in [0.25, 0.3) is 0 Å². The predicted molar refractivity (Wildman–Crippen MR) is 561 cm³/mol. The van der Waals surface area contributed by atoms with E-state index in [0.29, 0.717) is 113 Å². The Bertz CT molecular complexity index is 4700. The van der Waals surface area contributed by atoms with E-state index < -0.39 is 0 Å². The summed E-state index contributed by atoms with van der Waals surface area (Å²) in [5.41, 5.74) is -0.113. The number of likely N-dealkylation sites (tertiary alicyclic amines) is 9. The first-order valence-corrected chi connectivity index (χ1v) is 51.4. The average molecular weight is 2010 g/mol. The van der Waals surface area contributed by atoms with Crippen molar-refractivity contribution in [3.8, 4) is 87.7 Å². The van der Waals surface area contributed by atoms with Crippen LogP contribution in [0.1, 0.15) is 171 Å². The number of hydrogen-bond donors (Lipinski definition) is 0. The van der Waals surface area contributed by atoms with Gasteiger partial charge >= 0.3 is 0 Å². The number of nitrogens with zero attached hydrogens (tertiary/aromatic N) is 22. The van der Waals surface area contributed by atoms with Gasteiger partial charge in [-0.2, -0.15) is 0 Å². The lowest BCUT2D eigenvalue weighted by atomic mass is 9.92. The first kappa shape index (κ1) is 116. The summed E-state index contributed by atoms with van der Waals surface area (Å²) in [6, 6.07) is 29.8. The standard InChI is InChI=1S/C14H22N2O.C13H21N3O2.3C12H18N2O2.C12H18N2O.2C11H17N3O2.C11H17N3O/c1-12(2)16-10-7-14(3,8-11-16)17-13-6-4-5-9-15-13;1-10(2)16-6-4-11(5-7-16)18-13-9-14-12(17-3)8-15-13;1-9(2)14-7-12(8-14)16-11-4-10(15-3)5-13-6-11;1-9(2)14-7-11(8-14)16-10-4-5-12(15-3)13-6-10;1-9(2)14-7-11(8-14)16-12-5-4-10(15-3)6-13-12;1-10(2)14-8-12(3,9-14)15-11-6-4-5-7-13-11;1-8(2)14-6-9(7-14)16-11-5-12-10(15-3)4-13-11;1-8(2)14-6-9(7-14)16-11-5-4-10(15-3)12-13-11;1-9(2)14-6-3-10(8-14)15-11-7-12-4-5-13-11/h4-6,9,12H,7-8,10-11H2,1-3H3;8-11H,4-7H2,1-3H3;4-6,9,12H,7-8H2,1-3H3;2*4-6,9,11H,7-8H2,1-3H3;4-7,10H,8-9H2,1-3H3;2*4-5,8-9H,6-7H2,1-3H3;4-5,7,9-10H,3,6,8H2,1-2H3. The second kappa shape index (κ2) is 58.9. The van der Waals surface area contributed by atoms with Crippen molar-refractivity contribution in [2.24, 2.45) is 0 Å². The fourth-order valence-electron chi connectivity index (χ4n) is 16.5. The first-order chi connectivity index (χ1) is 69.5. The van der Waals surface area contributed by atoms with Crippen LogP contribution < -0.4 is 71.1 Å². The monoisotopic (exact) mass is 2010 g/mol. The van der Waals surface area contributed by atoms with Gasteiger partial charge in [0, 0.05) is 239 Å². The topological polar surface area (TPSA) is 335 Å². The van der Waals surface area contributed by atoms with Gasteiger partial charge in [-0.15, -0.1) is 10.2 Å². The third kappa shape index (κ3) is 39.5. The van der Waals surface area contributed by atoms with Crippen LogP contribution in [0, 0.1) is 0 Å². The summed E-state index contributed by atoms with van der Waals surface area (Å²) in [6.45, 7) is 62.4. The third-order valence-electron chi connectivity index (χ3n) is 26.3. The van der Waals surface area contributed by atoms with Gasteiger partial charge in [-0.05, 0) is 195 Å². The van der Waals surface area contributed by atoms with Crippen LogP contribution in [0.15, 0.2) is 159 Å². The molecule has 1 atom stereocenters. The normalized spacial score (nSPS) is 18.5. The highest BCUT2D eigenvalue weighted by atomic mass is 16.5. The molecule has 0 aromatic carbocycles. The second-order valence-corrected chi connectivity index (χ2v) is 40.5. The smallest absolute Gasteiger partial charge is 0.234 e. The number of rotatable bonds is 33. The maximum Gasteiger partial charge on any atom is 0.234 e. The molecule has 37 nitrogen and oxygen atoms in total. The molecule has 9 aliphatic rings. The maximum atomic E-state index is 6.03. The van der Waals surface area contributed by atoms with Crippen molar-refractivity contribution < 1.29 is 71.1 Å². The summed E-state index contributed by atoms with van der Waals surface area (Å²) in [6.07, 6.45) is 28.8. The minimum absolute atomic E-state index is 0.0558. The molecule has 0 aliphatic carbocycles. The summed E-state index contributed by atoms with van der Waals surface area (Å²) in [4.78, 5) is 66.8. The Labute approximate surface area is 862 Å². The van der Waals surface area contributed by atoms with E-state index in [-0.39, 0.29) is 47.8 Å².